The van der Waals surface area contributed by atoms with Crippen LogP contribution in [-0.4, -0.2) is 49.9 Å². The van der Waals surface area contributed by atoms with E-state index in [4.69, 9.17) is 0 Å². The molecule has 88 valence electrons. The van der Waals surface area contributed by atoms with Crippen molar-refractivity contribution in [1.82, 2.24) is 19.7 Å². The van der Waals surface area contributed by atoms with Gasteiger partial charge in [0.15, 0.2) is 0 Å². The van der Waals surface area contributed by atoms with E-state index in [-0.39, 0.29) is 24.5 Å². The first-order chi connectivity index (χ1) is 7.66. The molecule has 0 saturated carbocycles. The molecule has 0 aromatic carbocycles. The van der Waals surface area contributed by atoms with Gasteiger partial charge >= 0.3 is 0 Å². The molecule has 1 aliphatic rings. The van der Waals surface area contributed by atoms with Crippen LogP contribution in [0.2, 0.25) is 0 Å². The molecule has 1 aromatic rings. The van der Waals surface area contributed by atoms with Crippen LogP contribution in [0.1, 0.15) is 13.3 Å². The van der Waals surface area contributed by atoms with Crippen molar-refractivity contribution >= 4 is 5.91 Å². The number of aliphatic hydroxyl groups is 1. The number of aromatic nitrogens is 3. The highest BCUT2D eigenvalue weighted by Crippen LogP contribution is 2.19. The molecule has 16 heavy (non-hydrogen) atoms. The van der Waals surface area contributed by atoms with Gasteiger partial charge in [-0.2, -0.15) is 5.10 Å². The number of hydrogen-bond donors (Lipinski definition) is 1. The van der Waals surface area contributed by atoms with Crippen molar-refractivity contribution in [1.29, 1.82) is 0 Å². The summed E-state index contributed by atoms with van der Waals surface area (Å²) in [6.07, 6.45) is 3.47. The lowest BCUT2D eigenvalue weighted by Gasteiger charge is -2.17. The fourth-order valence-electron chi connectivity index (χ4n) is 1.96. The quantitative estimate of drug-likeness (QED) is 0.752. The van der Waals surface area contributed by atoms with E-state index in [1.165, 1.54) is 17.3 Å². The molecule has 1 N–H and O–H groups in total. The minimum Gasteiger partial charge on any atom is -0.393 e. The van der Waals surface area contributed by atoms with Crippen LogP contribution in [-0.2, 0) is 11.3 Å². The van der Waals surface area contributed by atoms with Gasteiger partial charge in [-0.1, -0.05) is 0 Å². The Bertz CT molecular complexity index is 350. The maximum absolute atomic E-state index is 11.8. The van der Waals surface area contributed by atoms with Crippen molar-refractivity contribution in [3.63, 3.8) is 0 Å². The molecule has 2 heterocycles. The van der Waals surface area contributed by atoms with Gasteiger partial charge in [0.05, 0.1) is 6.10 Å². The monoisotopic (exact) mass is 224 g/mol. The second kappa shape index (κ2) is 4.61. The van der Waals surface area contributed by atoms with E-state index in [1.54, 1.807) is 11.8 Å². The SMILES string of the molecule is CC(O)C1CCN(C(=O)Cn2cncn2)C1. The number of carbonyl (C=O) groups excluding carboxylic acids is 1. The second-order valence-corrected chi connectivity index (χ2v) is 4.22. The van der Waals surface area contributed by atoms with Crippen molar-refractivity contribution in [2.24, 2.45) is 5.92 Å². The molecule has 0 spiro atoms. The number of likely N-dealkylation sites (tertiary alicyclic amines) is 1. The first-order valence-corrected chi connectivity index (χ1v) is 5.45. The molecule has 1 amide bonds. The summed E-state index contributed by atoms with van der Waals surface area (Å²) < 4.78 is 1.51. The van der Waals surface area contributed by atoms with Gasteiger partial charge < -0.3 is 10.0 Å². The molecule has 0 aliphatic carbocycles. The molecule has 0 bridgehead atoms. The molecule has 2 atom stereocenters. The number of nitrogens with zero attached hydrogens (tertiary/aromatic N) is 4. The smallest absolute Gasteiger partial charge is 0.244 e. The minimum absolute atomic E-state index is 0.0358. The molecule has 1 aromatic heterocycles. The first-order valence-electron chi connectivity index (χ1n) is 5.45. The highest BCUT2D eigenvalue weighted by molar-refractivity contribution is 5.76. The van der Waals surface area contributed by atoms with Crippen molar-refractivity contribution in [3.8, 4) is 0 Å². The summed E-state index contributed by atoms with van der Waals surface area (Å²) in [6.45, 7) is 3.37. The Morgan fingerprint density at radius 1 is 1.69 bits per heavy atom. The van der Waals surface area contributed by atoms with Gasteiger partial charge in [-0.25, -0.2) is 9.67 Å². The Kier molecular flexibility index (Phi) is 3.19. The molecular formula is C10H16N4O2. The highest BCUT2D eigenvalue weighted by Gasteiger charge is 2.28. The predicted octanol–water partition coefficient (Wildman–Crippen LogP) is -0.493. The fraction of sp³-hybridized carbons (Fsp3) is 0.700. The van der Waals surface area contributed by atoms with Crippen molar-refractivity contribution in [2.75, 3.05) is 13.1 Å². The van der Waals surface area contributed by atoms with Crippen LogP contribution < -0.4 is 0 Å². The number of amides is 1. The Hall–Kier alpha value is -1.43. The van der Waals surface area contributed by atoms with Crippen LogP contribution in [0, 0.1) is 5.92 Å². The van der Waals surface area contributed by atoms with E-state index in [2.05, 4.69) is 10.1 Å². The van der Waals surface area contributed by atoms with Crippen molar-refractivity contribution in [2.45, 2.75) is 26.0 Å². The molecule has 0 radical (unpaired) electrons. The van der Waals surface area contributed by atoms with Crippen LogP contribution in [0.5, 0.6) is 0 Å². The van der Waals surface area contributed by atoms with E-state index in [0.29, 0.717) is 6.54 Å². The third kappa shape index (κ3) is 2.38. The lowest BCUT2D eigenvalue weighted by molar-refractivity contribution is -0.131. The van der Waals surface area contributed by atoms with E-state index >= 15 is 0 Å². The number of carbonyl (C=O) groups is 1. The third-order valence-electron chi connectivity index (χ3n) is 3.02. The van der Waals surface area contributed by atoms with Gasteiger partial charge in [-0.15, -0.1) is 0 Å². The van der Waals surface area contributed by atoms with E-state index in [0.717, 1.165) is 13.0 Å². The molecule has 2 rings (SSSR count). The fourth-order valence-corrected chi connectivity index (χ4v) is 1.96. The maximum atomic E-state index is 11.8. The molecular weight excluding hydrogens is 208 g/mol. The lowest BCUT2D eigenvalue weighted by atomic mass is 10.0. The maximum Gasteiger partial charge on any atom is 0.244 e. The Labute approximate surface area is 93.9 Å². The topological polar surface area (TPSA) is 71.2 Å². The number of hydrogen-bond acceptors (Lipinski definition) is 4. The third-order valence-corrected chi connectivity index (χ3v) is 3.02. The number of rotatable bonds is 3. The van der Waals surface area contributed by atoms with Gasteiger partial charge in [0.25, 0.3) is 0 Å². The van der Waals surface area contributed by atoms with Crippen LogP contribution in [0.15, 0.2) is 12.7 Å². The summed E-state index contributed by atoms with van der Waals surface area (Å²) in [4.78, 5) is 17.4. The minimum atomic E-state index is -0.343. The summed E-state index contributed by atoms with van der Waals surface area (Å²) >= 11 is 0. The van der Waals surface area contributed by atoms with Gasteiger partial charge in [-0.3, -0.25) is 4.79 Å². The van der Waals surface area contributed by atoms with Gasteiger partial charge in [0.1, 0.15) is 19.2 Å². The second-order valence-electron chi connectivity index (χ2n) is 4.22. The van der Waals surface area contributed by atoms with Crippen molar-refractivity contribution in [3.05, 3.63) is 12.7 Å². The zero-order valence-corrected chi connectivity index (χ0v) is 9.28. The molecule has 6 nitrogen and oxygen atoms in total. The number of aliphatic hydroxyl groups excluding tert-OH is 1. The lowest BCUT2D eigenvalue weighted by Crippen LogP contribution is -2.33. The summed E-state index contributed by atoms with van der Waals surface area (Å²) in [5.74, 6) is 0.244. The Morgan fingerprint density at radius 2 is 2.50 bits per heavy atom. The van der Waals surface area contributed by atoms with Crippen molar-refractivity contribution < 1.29 is 9.90 Å². The molecule has 1 aliphatic heterocycles. The van der Waals surface area contributed by atoms with Gasteiger partial charge in [0.2, 0.25) is 5.91 Å². The van der Waals surface area contributed by atoms with Crippen LogP contribution in [0.4, 0.5) is 0 Å². The largest absolute Gasteiger partial charge is 0.393 e. The highest BCUT2D eigenvalue weighted by atomic mass is 16.3. The predicted molar refractivity (Wildman–Crippen MR) is 56.4 cm³/mol. The van der Waals surface area contributed by atoms with E-state index in [9.17, 15) is 9.90 Å². The molecule has 6 heteroatoms. The summed E-state index contributed by atoms with van der Waals surface area (Å²) in [5, 5.41) is 13.3. The summed E-state index contributed by atoms with van der Waals surface area (Å²) in [7, 11) is 0. The zero-order chi connectivity index (χ0) is 11.5. The standard InChI is InChI=1S/C10H16N4O2/c1-8(15)9-2-3-13(4-9)10(16)5-14-7-11-6-12-14/h6-9,15H,2-5H2,1H3. The van der Waals surface area contributed by atoms with E-state index in [1.807, 2.05) is 0 Å². The van der Waals surface area contributed by atoms with Gasteiger partial charge in [-0.05, 0) is 13.3 Å². The Balaban J connectivity index is 1.87. The normalized spacial score (nSPS) is 22.4. The average molecular weight is 224 g/mol. The zero-order valence-electron chi connectivity index (χ0n) is 9.28. The molecule has 1 saturated heterocycles. The van der Waals surface area contributed by atoms with Crippen LogP contribution in [0.25, 0.3) is 0 Å². The van der Waals surface area contributed by atoms with E-state index < -0.39 is 0 Å². The first kappa shape index (κ1) is 11.1. The van der Waals surface area contributed by atoms with Crippen LogP contribution in [0.3, 0.4) is 0 Å². The Morgan fingerprint density at radius 3 is 3.06 bits per heavy atom. The summed E-state index contributed by atoms with van der Waals surface area (Å²) in [5.41, 5.74) is 0. The van der Waals surface area contributed by atoms with Crippen LogP contribution >= 0.6 is 0 Å². The van der Waals surface area contributed by atoms with Gasteiger partial charge in [0, 0.05) is 19.0 Å². The average Bonchev–Trinajstić information content (AvgIpc) is 2.86. The molecule has 2 unspecified atom stereocenters. The summed E-state index contributed by atoms with van der Waals surface area (Å²) in [6, 6.07) is 0. The molecule has 1 fully saturated rings.